The molecule has 136 valence electrons. The number of halogens is 1. The van der Waals surface area contributed by atoms with E-state index in [1.165, 1.54) is 12.1 Å². The second-order valence-electron chi connectivity index (χ2n) is 6.95. The number of aromatic amines is 2. The van der Waals surface area contributed by atoms with Gasteiger partial charge in [-0.05, 0) is 50.5 Å². The van der Waals surface area contributed by atoms with E-state index in [0.29, 0.717) is 18.4 Å². The van der Waals surface area contributed by atoms with E-state index < -0.39 is 0 Å². The highest BCUT2D eigenvalue weighted by molar-refractivity contribution is 5.78. The topological polar surface area (TPSA) is 77.7 Å². The van der Waals surface area contributed by atoms with Crippen molar-refractivity contribution in [3.8, 4) is 0 Å². The molecule has 0 radical (unpaired) electrons. The lowest BCUT2D eigenvalue weighted by molar-refractivity contribution is -0.132. The molecule has 0 bridgehead atoms. The molecule has 1 atom stereocenters. The van der Waals surface area contributed by atoms with Gasteiger partial charge in [-0.15, -0.1) is 0 Å². The van der Waals surface area contributed by atoms with E-state index in [1.807, 2.05) is 18.7 Å². The van der Waals surface area contributed by atoms with Crippen LogP contribution in [0.25, 0.3) is 11.0 Å². The average molecular weight is 355 g/mol. The number of nitrogens with one attached hydrogen (secondary N) is 2. The summed E-state index contributed by atoms with van der Waals surface area (Å²) < 4.78 is 13.4. The number of benzene rings is 1. The van der Waals surface area contributed by atoms with Gasteiger partial charge in [-0.25, -0.2) is 9.37 Å². The highest BCUT2D eigenvalue weighted by atomic mass is 19.1. The fourth-order valence-electron chi connectivity index (χ4n) is 3.66. The van der Waals surface area contributed by atoms with E-state index in [4.69, 9.17) is 0 Å². The SMILES string of the molecule is Cc1[nH]nc(CCC(=O)N2CCC[C@@H]2c2nc3ccc(F)cc3[nH]2)c1C. The summed E-state index contributed by atoms with van der Waals surface area (Å²) in [7, 11) is 0. The molecular weight excluding hydrogens is 333 g/mol. The minimum Gasteiger partial charge on any atom is -0.340 e. The molecule has 1 aliphatic heterocycles. The lowest BCUT2D eigenvalue weighted by Crippen LogP contribution is -2.31. The number of amides is 1. The van der Waals surface area contributed by atoms with E-state index in [2.05, 4.69) is 20.2 Å². The van der Waals surface area contributed by atoms with Gasteiger partial charge >= 0.3 is 0 Å². The molecule has 0 spiro atoms. The van der Waals surface area contributed by atoms with Crippen LogP contribution in [0.15, 0.2) is 18.2 Å². The summed E-state index contributed by atoms with van der Waals surface area (Å²) in [6, 6.07) is 4.43. The monoisotopic (exact) mass is 355 g/mol. The second-order valence-corrected chi connectivity index (χ2v) is 6.95. The summed E-state index contributed by atoms with van der Waals surface area (Å²) in [4.78, 5) is 22.4. The molecular formula is C19H22FN5O. The van der Waals surface area contributed by atoms with E-state index in [-0.39, 0.29) is 17.8 Å². The minimum atomic E-state index is -0.295. The average Bonchev–Trinajstić information content (AvgIpc) is 3.32. The number of aromatic nitrogens is 4. The fraction of sp³-hybridized carbons (Fsp3) is 0.421. The van der Waals surface area contributed by atoms with Gasteiger partial charge in [0.2, 0.25) is 5.91 Å². The lowest BCUT2D eigenvalue weighted by Gasteiger charge is -2.23. The molecule has 26 heavy (non-hydrogen) atoms. The normalized spacial score (nSPS) is 17.3. The molecule has 2 aromatic heterocycles. The van der Waals surface area contributed by atoms with Crippen LogP contribution >= 0.6 is 0 Å². The molecule has 1 fully saturated rings. The molecule has 0 aliphatic carbocycles. The van der Waals surface area contributed by atoms with Crippen molar-refractivity contribution in [1.29, 1.82) is 0 Å². The van der Waals surface area contributed by atoms with Crippen LogP contribution in [0.3, 0.4) is 0 Å². The van der Waals surface area contributed by atoms with E-state index in [9.17, 15) is 9.18 Å². The molecule has 4 rings (SSSR count). The summed E-state index contributed by atoms with van der Waals surface area (Å²) in [5.41, 5.74) is 4.51. The highest BCUT2D eigenvalue weighted by Crippen LogP contribution is 2.32. The maximum atomic E-state index is 13.4. The van der Waals surface area contributed by atoms with Gasteiger partial charge in [0, 0.05) is 25.1 Å². The van der Waals surface area contributed by atoms with Gasteiger partial charge in [0.05, 0.1) is 22.8 Å². The van der Waals surface area contributed by atoms with Crippen LogP contribution in [-0.2, 0) is 11.2 Å². The van der Waals surface area contributed by atoms with Crippen molar-refractivity contribution in [2.75, 3.05) is 6.54 Å². The van der Waals surface area contributed by atoms with Crippen molar-refractivity contribution >= 4 is 16.9 Å². The predicted octanol–water partition coefficient (Wildman–Crippen LogP) is 3.34. The Hall–Kier alpha value is -2.70. The molecule has 6 nitrogen and oxygen atoms in total. The smallest absolute Gasteiger partial charge is 0.223 e. The van der Waals surface area contributed by atoms with Gasteiger partial charge in [-0.1, -0.05) is 0 Å². The third kappa shape index (κ3) is 2.98. The molecule has 1 saturated heterocycles. The van der Waals surface area contributed by atoms with Crippen LogP contribution in [0.4, 0.5) is 4.39 Å². The number of likely N-dealkylation sites (tertiary alicyclic amines) is 1. The van der Waals surface area contributed by atoms with Gasteiger partial charge in [-0.3, -0.25) is 9.89 Å². The molecule has 1 amide bonds. The van der Waals surface area contributed by atoms with Crippen LogP contribution in [-0.4, -0.2) is 37.5 Å². The second kappa shape index (κ2) is 6.55. The lowest BCUT2D eigenvalue weighted by atomic mass is 10.1. The number of carbonyl (C=O) groups is 1. The zero-order valence-electron chi connectivity index (χ0n) is 15.0. The maximum Gasteiger partial charge on any atom is 0.223 e. The summed E-state index contributed by atoms with van der Waals surface area (Å²) >= 11 is 0. The Kier molecular flexibility index (Phi) is 4.22. The van der Waals surface area contributed by atoms with Crippen molar-refractivity contribution in [3.05, 3.63) is 46.8 Å². The molecule has 0 saturated carbocycles. The van der Waals surface area contributed by atoms with Crippen molar-refractivity contribution in [2.45, 2.75) is 45.6 Å². The number of fused-ring (bicyclic) bond motifs is 1. The van der Waals surface area contributed by atoms with Gasteiger partial charge < -0.3 is 9.88 Å². The Morgan fingerprint density at radius 1 is 1.38 bits per heavy atom. The Morgan fingerprint density at radius 2 is 2.23 bits per heavy atom. The first kappa shape index (κ1) is 16.8. The van der Waals surface area contributed by atoms with Gasteiger partial charge in [0.25, 0.3) is 0 Å². The van der Waals surface area contributed by atoms with E-state index >= 15 is 0 Å². The molecule has 3 aromatic rings. The number of hydrogen-bond donors (Lipinski definition) is 2. The largest absolute Gasteiger partial charge is 0.340 e. The van der Waals surface area contributed by atoms with Crippen LogP contribution in [0.1, 0.15) is 48.1 Å². The molecule has 3 heterocycles. The standard InChI is InChI=1S/C19H22FN5O/c1-11-12(2)23-24-14(11)7-8-18(26)25-9-3-4-17(25)19-21-15-6-5-13(20)10-16(15)22-19/h5-6,10,17H,3-4,7-9H2,1-2H3,(H,21,22)(H,23,24)/t17-/m1/s1. The summed E-state index contributed by atoms with van der Waals surface area (Å²) in [5, 5.41) is 7.24. The first-order chi connectivity index (χ1) is 12.5. The highest BCUT2D eigenvalue weighted by Gasteiger charge is 2.32. The van der Waals surface area contributed by atoms with Crippen molar-refractivity contribution < 1.29 is 9.18 Å². The van der Waals surface area contributed by atoms with Crippen LogP contribution in [0.2, 0.25) is 0 Å². The van der Waals surface area contributed by atoms with E-state index in [0.717, 1.165) is 47.7 Å². The minimum absolute atomic E-state index is 0.0695. The Bertz CT molecular complexity index is 960. The van der Waals surface area contributed by atoms with Gasteiger partial charge in [0.1, 0.15) is 11.6 Å². The zero-order valence-corrected chi connectivity index (χ0v) is 15.0. The zero-order chi connectivity index (χ0) is 18.3. The summed E-state index contributed by atoms with van der Waals surface area (Å²) in [5.74, 6) is 0.555. The van der Waals surface area contributed by atoms with Crippen LogP contribution < -0.4 is 0 Å². The number of imidazole rings is 1. The number of carbonyl (C=O) groups excluding carboxylic acids is 1. The van der Waals surface area contributed by atoms with Gasteiger partial charge in [0.15, 0.2) is 0 Å². The summed E-state index contributed by atoms with van der Waals surface area (Å²) in [6.07, 6.45) is 2.87. The molecule has 0 unspecified atom stereocenters. The van der Waals surface area contributed by atoms with Crippen molar-refractivity contribution in [2.24, 2.45) is 0 Å². The number of H-pyrrole nitrogens is 2. The Morgan fingerprint density at radius 3 is 3.00 bits per heavy atom. The third-order valence-corrected chi connectivity index (χ3v) is 5.28. The third-order valence-electron chi connectivity index (χ3n) is 5.28. The van der Waals surface area contributed by atoms with Crippen molar-refractivity contribution in [1.82, 2.24) is 25.1 Å². The first-order valence-corrected chi connectivity index (χ1v) is 8.98. The predicted molar refractivity (Wildman–Crippen MR) is 96.1 cm³/mol. The first-order valence-electron chi connectivity index (χ1n) is 8.98. The number of hydrogen-bond acceptors (Lipinski definition) is 3. The molecule has 1 aromatic carbocycles. The molecule has 1 aliphatic rings. The van der Waals surface area contributed by atoms with Crippen LogP contribution in [0, 0.1) is 19.7 Å². The quantitative estimate of drug-likeness (QED) is 0.753. The Labute approximate surface area is 150 Å². The summed E-state index contributed by atoms with van der Waals surface area (Å²) in [6.45, 7) is 4.73. The fourth-order valence-corrected chi connectivity index (χ4v) is 3.66. The van der Waals surface area contributed by atoms with Gasteiger partial charge in [-0.2, -0.15) is 5.10 Å². The number of rotatable bonds is 4. The number of aryl methyl sites for hydroxylation is 2. The number of nitrogens with zero attached hydrogens (tertiary/aromatic N) is 3. The Balaban J connectivity index is 1.49. The van der Waals surface area contributed by atoms with Crippen LogP contribution in [0.5, 0.6) is 0 Å². The van der Waals surface area contributed by atoms with E-state index in [1.54, 1.807) is 6.07 Å². The molecule has 7 heteroatoms. The molecule has 2 N–H and O–H groups in total. The maximum absolute atomic E-state index is 13.4. The van der Waals surface area contributed by atoms with Crippen molar-refractivity contribution in [3.63, 3.8) is 0 Å².